The third-order valence-corrected chi connectivity index (χ3v) is 4.50. The molecule has 1 aromatic carbocycles. The van der Waals surface area contributed by atoms with Crippen molar-refractivity contribution in [3.63, 3.8) is 0 Å². The van der Waals surface area contributed by atoms with E-state index in [2.05, 4.69) is 22.9 Å². The number of likely N-dealkylation sites (tertiary alicyclic amines) is 1. The largest absolute Gasteiger partial charge is 0.494 e. The number of carbonyl (C=O) groups excluding carboxylic acids is 1. The van der Waals surface area contributed by atoms with Crippen LogP contribution >= 0.6 is 15.9 Å². The Hall–Kier alpha value is -1.03. The first kappa shape index (κ1) is 15.4. The summed E-state index contributed by atoms with van der Waals surface area (Å²) in [5.41, 5.74) is 0.751. The van der Waals surface area contributed by atoms with E-state index in [1.807, 2.05) is 29.2 Å². The van der Waals surface area contributed by atoms with Crippen molar-refractivity contribution in [1.82, 2.24) is 4.90 Å². The zero-order valence-corrected chi connectivity index (χ0v) is 13.6. The van der Waals surface area contributed by atoms with Crippen molar-refractivity contribution in [2.24, 2.45) is 0 Å². The van der Waals surface area contributed by atoms with Gasteiger partial charge in [-0.2, -0.15) is 0 Å². The van der Waals surface area contributed by atoms with Crippen molar-refractivity contribution in [3.8, 4) is 5.75 Å². The minimum absolute atomic E-state index is 0.129. The van der Waals surface area contributed by atoms with Crippen LogP contribution in [0.25, 0.3) is 0 Å². The summed E-state index contributed by atoms with van der Waals surface area (Å²) in [5.74, 6) is 0.971. The summed E-state index contributed by atoms with van der Waals surface area (Å²) < 4.78 is 5.61. The van der Waals surface area contributed by atoms with Crippen molar-refractivity contribution in [1.29, 1.82) is 0 Å². The predicted octanol–water partition coefficient (Wildman–Crippen LogP) is 3.87. The van der Waals surface area contributed by atoms with Gasteiger partial charge in [0.25, 0.3) is 5.91 Å². The fourth-order valence-corrected chi connectivity index (χ4v) is 2.67. The molecule has 0 bridgehead atoms. The van der Waals surface area contributed by atoms with E-state index < -0.39 is 0 Å². The molecule has 0 atom stereocenters. The van der Waals surface area contributed by atoms with E-state index in [4.69, 9.17) is 4.74 Å². The molecule has 1 aliphatic heterocycles. The second-order valence-corrected chi connectivity index (χ2v) is 6.49. The summed E-state index contributed by atoms with van der Waals surface area (Å²) in [6.45, 7) is 4.55. The minimum atomic E-state index is 0.129. The first-order valence-electron chi connectivity index (χ1n) is 7.37. The van der Waals surface area contributed by atoms with Crippen LogP contribution in [0.1, 0.15) is 43.0 Å². The standard InChI is InChI=1S/C16H22BrNO2/c1-2-3-12-20-15-6-4-13(5-7-15)16(19)18-10-8-14(17)9-11-18/h4-7,14H,2-3,8-12H2,1H3. The maximum atomic E-state index is 12.3. The van der Waals surface area contributed by atoms with Crippen LogP contribution in [0.2, 0.25) is 0 Å². The van der Waals surface area contributed by atoms with Crippen molar-refractivity contribution in [3.05, 3.63) is 29.8 Å². The third-order valence-electron chi connectivity index (χ3n) is 3.58. The fraction of sp³-hybridized carbons (Fsp3) is 0.562. The lowest BCUT2D eigenvalue weighted by atomic mass is 10.1. The van der Waals surface area contributed by atoms with Crippen LogP contribution in [0.15, 0.2) is 24.3 Å². The van der Waals surface area contributed by atoms with Crippen LogP contribution in [-0.4, -0.2) is 35.3 Å². The number of ether oxygens (including phenoxy) is 1. The van der Waals surface area contributed by atoms with Gasteiger partial charge in [-0.15, -0.1) is 0 Å². The molecule has 1 heterocycles. The van der Waals surface area contributed by atoms with E-state index in [9.17, 15) is 4.79 Å². The van der Waals surface area contributed by atoms with Gasteiger partial charge in [-0.25, -0.2) is 0 Å². The van der Waals surface area contributed by atoms with E-state index in [0.717, 1.165) is 56.7 Å². The number of hydrogen-bond acceptors (Lipinski definition) is 2. The van der Waals surface area contributed by atoms with Gasteiger partial charge in [0, 0.05) is 23.5 Å². The number of hydrogen-bond donors (Lipinski definition) is 0. The molecule has 20 heavy (non-hydrogen) atoms. The molecule has 0 spiro atoms. The fourth-order valence-electron chi connectivity index (χ4n) is 2.26. The summed E-state index contributed by atoms with van der Waals surface area (Å²) in [6.07, 6.45) is 4.25. The highest BCUT2D eigenvalue weighted by Gasteiger charge is 2.21. The Bertz CT molecular complexity index is 425. The lowest BCUT2D eigenvalue weighted by Gasteiger charge is -2.29. The number of alkyl halides is 1. The maximum Gasteiger partial charge on any atom is 0.253 e. The molecule has 110 valence electrons. The molecule has 1 saturated heterocycles. The van der Waals surface area contributed by atoms with Gasteiger partial charge in [0.05, 0.1) is 6.61 Å². The SMILES string of the molecule is CCCCOc1ccc(C(=O)N2CCC(Br)CC2)cc1. The van der Waals surface area contributed by atoms with Crippen molar-refractivity contribution in [2.45, 2.75) is 37.4 Å². The van der Waals surface area contributed by atoms with Crippen LogP contribution in [0.5, 0.6) is 5.75 Å². The molecule has 2 rings (SSSR count). The zero-order valence-electron chi connectivity index (χ0n) is 12.0. The molecular formula is C16H22BrNO2. The molecule has 0 saturated carbocycles. The quantitative estimate of drug-likeness (QED) is 0.602. The molecule has 0 unspecified atom stereocenters. The average Bonchev–Trinajstić information content (AvgIpc) is 2.48. The number of piperidine rings is 1. The Morgan fingerprint density at radius 1 is 1.30 bits per heavy atom. The number of unbranched alkanes of at least 4 members (excludes halogenated alkanes) is 1. The number of halogens is 1. The normalized spacial score (nSPS) is 16.2. The molecule has 0 aliphatic carbocycles. The molecule has 1 fully saturated rings. The first-order valence-corrected chi connectivity index (χ1v) is 8.28. The zero-order chi connectivity index (χ0) is 14.4. The minimum Gasteiger partial charge on any atom is -0.494 e. The summed E-state index contributed by atoms with van der Waals surface area (Å²) in [6, 6.07) is 7.51. The van der Waals surface area contributed by atoms with Gasteiger partial charge in [0.1, 0.15) is 5.75 Å². The van der Waals surface area contributed by atoms with Crippen molar-refractivity contribution < 1.29 is 9.53 Å². The number of benzene rings is 1. The Morgan fingerprint density at radius 2 is 1.95 bits per heavy atom. The molecule has 0 aromatic heterocycles. The molecule has 0 N–H and O–H groups in total. The molecular weight excluding hydrogens is 318 g/mol. The van der Waals surface area contributed by atoms with E-state index in [1.165, 1.54) is 0 Å². The molecule has 3 nitrogen and oxygen atoms in total. The second-order valence-electron chi connectivity index (χ2n) is 5.19. The Morgan fingerprint density at radius 3 is 2.55 bits per heavy atom. The molecule has 4 heteroatoms. The van der Waals surface area contributed by atoms with E-state index in [1.54, 1.807) is 0 Å². The van der Waals surface area contributed by atoms with Gasteiger partial charge in [-0.1, -0.05) is 29.3 Å². The highest BCUT2D eigenvalue weighted by molar-refractivity contribution is 9.09. The summed E-state index contributed by atoms with van der Waals surface area (Å²) in [4.78, 5) is 14.8. The molecule has 1 amide bonds. The van der Waals surface area contributed by atoms with Crippen LogP contribution < -0.4 is 4.74 Å². The predicted molar refractivity (Wildman–Crippen MR) is 84.7 cm³/mol. The smallest absolute Gasteiger partial charge is 0.253 e. The van der Waals surface area contributed by atoms with Crippen molar-refractivity contribution in [2.75, 3.05) is 19.7 Å². The Labute approximate surface area is 129 Å². The van der Waals surface area contributed by atoms with Crippen LogP contribution in [0.4, 0.5) is 0 Å². The van der Waals surface area contributed by atoms with Gasteiger partial charge in [-0.05, 0) is 43.5 Å². The van der Waals surface area contributed by atoms with E-state index in [0.29, 0.717) is 4.83 Å². The van der Waals surface area contributed by atoms with Crippen LogP contribution in [0, 0.1) is 0 Å². The molecule has 1 aromatic rings. The monoisotopic (exact) mass is 339 g/mol. The van der Waals surface area contributed by atoms with E-state index >= 15 is 0 Å². The number of amides is 1. The summed E-state index contributed by atoms with van der Waals surface area (Å²) in [7, 11) is 0. The van der Waals surface area contributed by atoms with Gasteiger partial charge in [0.2, 0.25) is 0 Å². The van der Waals surface area contributed by atoms with Gasteiger partial charge >= 0.3 is 0 Å². The van der Waals surface area contributed by atoms with Crippen LogP contribution in [-0.2, 0) is 0 Å². The number of nitrogens with zero attached hydrogens (tertiary/aromatic N) is 1. The highest BCUT2D eigenvalue weighted by Crippen LogP contribution is 2.20. The summed E-state index contributed by atoms with van der Waals surface area (Å²) in [5, 5.41) is 0. The Balaban J connectivity index is 1.90. The Kier molecular flexibility index (Phi) is 5.89. The van der Waals surface area contributed by atoms with Gasteiger partial charge in [0.15, 0.2) is 0 Å². The maximum absolute atomic E-state index is 12.3. The third kappa shape index (κ3) is 4.23. The highest BCUT2D eigenvalue weighted by atomic mass is 79.9. The van der Waals surface area contributed by atoms with E-state index in [-0.39, 0.29) is 5.91 Å². The summed E-state index contributed by atoms with van der Waals surface area (Å²) >= 11 is 3.61. The first-order chi connectivity index (χ1) is 9.70. The second kappa shape index (κ2) is 7.67. The van der Waals surface area contributed by atoms with Gasteiger partial charge in [-0.3, -0.25) is 4.79 Å². The molecule has 0 radical (unpaired) electrons. The lowest BCUT2D eigenvalue weighted by Crippen LogP contribution is -2.38. The van der Waals surface area contributed by atoms with Gasteiger partial charge < -0.3 is 9.64 Å². The lowest BCUT2D eigenvalue weighted by molar-refractivity contribution is 0.0728. The molecule has 1 aliphatic rings. The topological polar surface area (TPSA) is 29.5 Å². The van der Waals surface area contributed by atoms with Crippen LogP contribution in [0.3, 0.4) is 0 Å². The number of carbonyl (C=O) groups is 1. The average molecular weight is 340 g/mol. The van der Waals surface area contributed by atoms with Crippen molar-refractivity contribution >= 4 is 21.8 Å². The number of rotatable bonds is 5.